The number of fused-ring (bicyclic) bond motifs is 13. The van der Waals surface area contributed by atoms with Crippen LogP contribution in [0.15, 0.2) is 425 Å². The Morgan fingerprint density at radius 2 is 0.351 bits per heavy atom. The van der Waals surface area contributed by atoms with Gasteiger partial charge >= 0.3 is 0 Å². The molecule has 0 saturated heterocycles. The van der Waals surface area contributed by atoms with E-state index in [9.17, 15) is 0 Å². The molecular weight excluding hydrogens is 1600 g/mol. The molecule has 0 radical (unpaired) electrons. The maximum Gasteiger partial charge on any atom is 0.238 e. The summed E-state index contributed by atoms with van der Waals surface area (Å²) in [5, 5.41) is 19.9. The molecule has 3 aliphatic carbocycles. The van der Waals surface area contributed by atoms with Crippen molar-refractivity contribution in [2.75, 3.05) is 0 Å². The number of benzene rings is 20. The van der Waals surface area contributed by atoms with Gasteiger partial charge in [-0.3, -0.25) is 13.7 Å². The summed E-state index contributed by atoms with van der Waals surface area (Å²) >= 11 is 0. The van der Waals surface area contributed by atoms with Gasteiger partial charge in [0.05, 0.1) is 33.1 Å². The molecule has 6 aromatic heterocycles. The lowest BCUT2D eigenvalue weighted by Crippen LogP contribution is -2.06. The zero-order valence-corrected chi connectivity index (χ0v) is 70.3. The second kappa shape index (κ2) is 29.4. The van der Waals surface area contributed by atoms with Crippen LogP contribution in [-0.2, 0) is 0 Å². The third-order valence-corrected chi connectivity index (χ3v) is 26.5. The van der Waals surface area contributed by atoms with Crippen LogP contribution in [0.4, 0.5) is 0 Å². The fourth-order valence-corrected chi connectivity index (χ4v) is 21.0. The van der Waals surface area contributed by atoms with Crippen molar-refractivity contribution in [1.82, 2.24) is 58.6 Å². The van der Waals surface area contributed by atoms with E-state index < -0.39 is 0 Å². The van der Waals surface area contributed by atoms with Crippen molar-refractivity contribution in [1.29, 1.82) is 0 Å². The first kappa shape index (κ1) is 73.5. The quantitative estimate of drug-likeness (QED) is 0.139. The van der Waals surface area contributed by atoms with Crippen LogP contribution >= 0.6 is 0 Å². The highest BCUT2D eigenvalue weighted by Crippen LogP contribution is 2.56. The Labute approximate surface area is 750 Å². The van der Waals surface area contributed by atoms with Crippen LogP contribution in [0.1, 0.15) is 0 Å². The van der Waals surface area contributed by atoms with Gasteiger partial charge in [0, 0.05) is 65.7 Å². The zero-order chi connectivity index (χ0) is 85.9. The minimum atomic E-state index is 0.607. The van der Waals surface area contributed by atoms with E-state index in [1.54, 1.807) is 0 Å². The van der Waals surface area contributed by atoms with E-state index in [0.717, 1.165) is 66.5 Å². The van der Waals surface area contributed by atoms with Crippen LogP contribution in [0, 0.1) is 0 Å². The second-order valence-electron chi connectivity index (χ2n) is 33.7. The minimum Gasteiger partial charge on any atom is -0.278 e. The molecule has 12 heteroatoms. The van der Waals surface area contributed by atoms with Crippen LogP contribution in [0.5, 0.6) is 0 Å². The monoisotopic (exact) mass is 1670 g/mol. The summed E-state index contributed by atoms with van der Waals surface area (Å²) in [6, 6.07) is 149. The predicted octanol–water partition coefficient (Wildman–Crippen LogP) is 29.6. The fraction of sp³-hybridized carbons (Fsp3) is 0. The van der Waals surface area contributed by atoms with Gasteiger partial charge in [0.25, 0.3) is 0 Å². The highest BCUT2D eigenvalue weighted by molar-refractivity contribution is 6.35. The molecule has 0 unspecified atom stereocenters. The highest BCUT2D eigenvalue weighted by atomic mass is 15.2. The maximum atomic E-state index is 5.16. The zero-order valence-electron chi connectivity index (χ0n) is 70.3. The molecule has 3 aliphatic rings. The third kappa shape index (κ3) is 11.5. The topological polar surface area (TPSA) is 131 Å². The largest absolute Gasteiger partial charge is 0.278 e. The average molecular weight is 1670 g/mol. The SMILES string of the molecule is c1ccc(-c2nc(-c3ccccc3)nc(-n3c4cccc5c4c4c6c(cccc6ccc43)-c3c-5ccc4ccccc34)n2)cc1.c1ccc(-c2nc(-c3ccccc3)nc(-n3c4cccc5c4c4c6c(cccc6ccc43)-c3ccc4ccccc4c3-5)n2)cc1.c1ccc(-c2nc(-c3ccccc3)nc(-n3c4cccc5c4c4c6c(cccc6ccc43)-c3ccccc3-5)n2)cc1. The Kier molecular flexibility index (Phi) is 16.5. The summed E-state index contributed by atoms with van der Waals surface area (Å²) in [5.74, 6) is 5.73. The Hall–Kier alpha value is -17.9. The molecule has 29 rings (SSSR count). The number of hydrogen-bond acceptors (Lipinski definition) is 9. The van der Waals surface area contributed by atoms with Crippen molar-refractivity contribution in [3.63, 3.8) is 0 Å². The molecule has 606 valence electrons. The summed E-state index contributed by atoms with van der Waals surface area (Å²) in [7, 11) is 0. The molecule has 26 aromatic rings. The molecule has 0 saturated carbocycles. The fourth-order valence-electron chi connectivity index (χ4n) is 21.0. The molecule has 0 aliphatic heterocycles. The lowest BCUT2D eigenvalue weighted by atomic mass is 9.89. The lowest BCUT2D eigenvalue weighted by Gasteiger charge is -2.16. The Morgan fingerprint density at radius 3 is 0.687 bits per heavy atom. The Bertz CT molecular complexity index is 9100. The van der Waals surface area contributed by atoms with Gasteiger partial charge in [-0.25, -0.2) is 15.0 Å². The molecular formula is C119H70N12. The van der Waals surface area contributed by atoms with E-state index in [1.165, 1.54) is 153 Å². The van der Waals surface area contributed by atoms with E-state index in [2.05, 4.69) is 305 Å². The van der Waals surface area contributed by atoms with E-state index in [0.29, 0.717) is 52.8 Å². The van der Waals surface area contributed by atoms with Gasteiger partial charge in [-0.15, -0.1) is 0 Å². The molecule has 0 amide bonds. The molecule has 131 heavy (non-hydrogen) atoms. The van der Waals surface area contributed by atoms with Crippen molar-refractivity contribution in [3.05, 3.63) is 425 Å². The highest BCUT2D eigenvalue weighted by Gasteiger charge is 2.32. The van der Waals surface area contributed by atoms with Crippen molar-refractivity contribution in [2.24, 2.45) is 0 Å². The number of nitrogens with zero attached hydrogens (tertiary/aromatic N) is 12. The van der Waals surface area contributed by atoms with Crippen LogP contribution in [0.3, 0.4) is 0 Å². The smallest absolute Gasteiger partial charge is 0.238 e. The third-order valence-electron chi connectivity index (χ3n) is 26.5. The summed E-state index contributed by atoms with van der Waals surface area (Å²) < 4.78 is 6.69. The average Bonchev–Trinajstić information content (AvgIpc) is 1.54. The summed E-state index contributed by atoms with van der Waals surface area (Å²) in [6.45, 7) is 0. The molecule has 6 heterocycles. The van der Waals surface area contributed by atoms with Crippen LogP contribution in [0.25, 0.3) is 272 Å². The maximum absolute atomic E-state index is 5.16. The second-order valence-corrected chi connectivity index (χ2v) is 33.7. The summed E-state index contributed by atoms with van der Waals surface area (Å²) in [5.41, 5.74) is 27.2. The minimum absolute atomic E-state index is 0.607. The van der Waals surface area contributed by atoms with Crippen molar-refractivity contribution >= 4 is 119 Å². The van der Waals surface area contributed by atoms with Crippen molar-refractivity contribution < 1.29 is 0 Å². The number of hydrogen-bond donors (Lipinski definition) is 0. The summed E-state index contributed by atoms with van der Waals surface area (Å²) in [6.07, 6.45) is 0. The van der Waals surface area contributed by atoms with Gasteiger partial charge < -0.3 is 0 Å². The van der Waals surface area contributed by atoms with Gasteiger partial charge in [-0.1, -0.05) is 388 Å². The first-order chi connectivity index (χ1) is 65.0. The van der Waals surface area contributed by atoms with E-state index >= 15 is 0 Å². The summed E-state index contributed by atoms with van der Waals surface area (Å²) in [4.78, 5) is 45.7. The number of aromatic nitrogens is 12. The Balaban J connectivity index is 0.000000101. The van der Waals surface area contributed by atoms with Crippen LogP contribution < -0.4 is 0 Å². The van der Waals surface area contributed by atoms with E-state index in [-0.39, 0.29) is 0 Å². The first-order valence-corrected chi connectivity index (χ1v) is 44.3. The van der Waals surface area contributed by atoms with E-state index in [1.807, 2.05) is 133 Å². The van der Waals surface area contributed by atoms with Crippen LogP contribution in [-0.4, -0.2) is 58.6 Å². The molecule has 0 N–H and O–H groups in total. The van der Waals surface area contributed by atoms with Crippen molar-refractivity contribution in [3.8, 4) is 153 Å². The predicted molar refractivity (Wildman–Crippen MR) is 536 cm³/mol. The molecule has 12 nitrogen and oxygen atoms in total. The van der Waals surface area contributed by atoms with Gasteiger partial charge in [-0.2, -0.15) is 29.9 Å². The van der Waals surface area contributed by atoms with Gasteiger partial charge in [0.15, 0.2) is 34.9 Å². The molecule has 0 atom stereocenters. The normalized spacial score (nSPS) is 12.0. The first-order valence-electron chi connectivity index (χ1n) is 44.3. The molecule has 20 aromatic carbocycles. The van der Waals surface area contributed by atoms with Crippen LogP contribution in [0.2, 0.25) is 0 Å². The van der Waals surface area contributed by atoms with E-state index in [4.69, 9.17) is 44.9 Å². The number of rotatable bonds is 9. The molecule has 0 fully saturated rings. The van der Waals surface area contributed by atoms with Crippen molar-refractivity contribution in [2.45, 2.75) is 0 Å². The van der Waals surface area contributed by atoms with Gasteiger partial charge in [-0.05, 0) is 157 Å². The standard InChI is InChI=1S/2C41H24N4.C37H22N4/c1-3-12-27(13-4-1)39-42-40(28-14-5-2-6-15-28)44-41(43-39)45-33-20-10-18-30-31-23-21-25-11-7-8-17-29(25)36(31)32-19-9-16-26-22-24-34(45)38(35(26)32)37(30)33;1-3-12-27(13-4-1)39-42-40(28-14-5-2-6-15-28)44-41(43-39)45-33-20-10-19-32-36-29-17-8-7-11-25(29)21-23-31(36)30-18-9-16-26-22-24-34(45)38(35(26)30)37(32)33;1-3-11-24(12-4-1)35-38-36(25-13-5-2-6-14-25)40-37(39-35)41-30-20-10-19-29-27-17-8-7-16-26(27)28-18-9-15-23-21-22-31(41)34(32(23)28)33(29)30/h2*1-24H;1-22H. The molecule has 0 spiro atoms. The lowest BCUT2D eigenvalue weighted by molar-refractivity contribution is 0.953. The Morgan fingerprint density at radius 1 is 0.130 bits per heavy atom. The van der Waals surface area contributed by atoms with Gasteiger partial charge in [0.1, 0.15) is 0 Å². The molecule has 0 bridgehead atoms. The van der Waals surface area contributed by atoms with Gasteiger partial charge in [0.2, 0.25) is 17.8 Å².